The zero-order chi connectivity index (χ0) is 15.6. The number of carbonyl (C=O) groups is 2. The van der Waals surface area contributed by atoms with Crippen molar-refractivity contribution in [2.75, 3.05) is 0 Å². The number of nitrogens with zero attached hydrogens (tertiary/aromatic N) is 2. The fourth-order valence-corrected chi connectivity index (χ4v) is 3.56. The van der Waals surface area contributed by atoms with Crippen LogP contribution in [0.3, 0.4) is 0 Å². The molecule has 0 bridgehead atoms. The Bertz CT molecular complexity index is 509. The summed E-state index contributed by atoms with van der Waals surface area (Å²) in [6.07, 6.45) is 2.94. The third-order valence-electron chi connectivity index (χ3n) is 4.26. The van der Waals surface area contributed by atoms with Gasteiger partial charge in [-0.05, 0) is 18.8 Å². The van der Waals surface area contributed by atoms with Crippen LogP contribution in [0.2, 0.25) is 0 Å². The highest BCUT2D eigenvalue weighted by Gasteiger charge is 2.49. The van der Waals surface area contributed by atoms with E-state index in [1.54, 1.807) is 11.1 Å². The van der Waals surface area contributed by atoms with Crippen LogP contribution in [0.25, 0.3) is 0 Å². The highest BCUT2D eigenvalue weighted by Crippen LogP contribution is 2.29. The number of piperazine rings is 1. The van der Waals surface area contributed by atoms with Crippen molar-refractivity contribution in [2.45, 2.75) is 58.7 Å². The number of hydrogen-bond acceptors (Lipinski definition) is 4. The van der Waals surface area contributed by atoms with Crippen molar-refractivity contribution in [3.8, 4) is 0 Å². The lowest BCUT2D eigenvalue weighted by Gasteiger charge is -2.46. The van der Waals surface area contributed by atoms with Gasteiger partial charge in [0.2, 0.25) is 11.8 Å². The van der Waals surface area contributed by atoms with E-state index in [1.807, 2.05) is 33.1 Å². The molecule has 0 radical (unpaired) electrons. The van der Waals surface area contributed by atoms with Gasteiger partial charge in [0, 0.05) is 11.6 Å². The molecule has 1 aliphatic heterocycles. The van der Waals surface area contributed by atoms with Crippen LogP contribution in [0.5, 0.6) is 0 Å². The van der Waals surface area contributed by atoms with Crippen LogP contribution in [-0.2, 0) is 16.1 Å². The van der Waals surface area contributed by atoms with Gasteiger partial charge in [0.25, 0.3) is 0 Å². The summed E-state index contributed by atoms with van der Waals surface area (Å²) in [4.78, 5) is 31.5. The lowest BCUT2D eigenvalue weighted by molar-refractivity contribution is -0.158. The summed E-state index contributed by atoms with van der Waals surface area (Å²) >= 11 is 1.51. The van der Waals surface area contributed by atoms with Crippen molar-refractivity contribution in [2.24, 2.45) is 5.92 Å². The molecule has 1 aromatic rings. The fraction of sp³-hybridized carbons (Fsp3) is 0.667. The van der Waals surface area contributed by atoms with E-state index >= 15 is 0 Å². The zero-order valence-electron chi connectivity index (χ0n) is 13.0. The summed E-state index contributed by atoms with van der Waals surface area (Å²) in [5.41, 5.74) is -0.764. The average Bonchev–Trinajstić information content (AvgIpc) is 2.95. The highest BCUT2D eigenvalue weighted by atomic mass is 32.1. The van der Waals surface area contributed by atoms with Crippen molar-refractivity contribution in [1.29, 1.82) is 0 Å². The number of nitrogens with one attached hydrogen (secondary N) is 1. The first-order valence-corrected chi connectivity index (χ1v) is 8.34. The number of hydrogen-bond donors (Lipinski definition) is 1. The Morgan fingerprint density at radius 1 is 1.38 bits per heavy atom. The zero-order valence-corrected chi connectivity index (χ0v) is 13.9. The van der Waals surface area contributed by atoms with Crippen molar-refractivity contribution in [3.05, 3.63) is 16.6 Å². The minimum atomic E-state index is -0.764. The third-order valence-corrected chi connectivity index (χ3v) is 5.03. The topological polar surface area (TPSA) is 62.3 Å². The van der Waals surface area contributed by atoms with E-state index in [4.69, 9.17) is 0 Å². The molecule has 5 nitrogen and oxygen atoms in total. The van der Waals surface area contributed by atoms with Crippen molar-refractivity contribution in [1.82, 2.24) is 15.2 Å². The van der Waals surface area contributed by atoms with E-state index in [2.05, 4.69) is 10.3 Å². The first-order valence-electron chi connectivity index (χ1n) is 7.46. The lowest BCUT2D eigenvalue weighted by Crippen LogP contribution is -2.70. The second-order valence-corrected chi connectivity index (χ2v) is 6.81. The van der Waals surface area contributed by atoms with Gasteiger partial charge in [-0.2, -0.15) is 0 Å². The minimum absolute atomic E-state index is 0.0148. The molecule has 1 aromatic heterocycles. The van der Waals surface area contributed by atoms with Gasteiger partial charge in [-0.3, -0.25) is 9.59 Å². The number of carbonyl (C=O) groups excluding carboxylic acids is 2. The smallest absolute Gasteiger partial charge is 0.249 e. The Hall–Kier alpha value is -1.43. The Balaban J connectivity index is 2.37. The van der Waals surface area contributed by atoms with Gasteiger partial charge >= 0.3 is 0 Å². The molecule has 1 aliphatic rings. The summed E-state index contributed by atoms with van der Waals surface area (Å²) in [5.74, 6) is 0.0338. The van der Waals surface area contributed by atoms with Crippen LogP contribution in [-0.4, -0.2) is 33.3 Å². The maximum Gasteiger partial charge on any atom is 0.249 e. The van der Waals surface area contributed by atoms with Gasteiger partial charge in [-0.1, -0.05) is 27.7 Å². The van der Waals surface area contributed by atoms with Gasteiger partial charge in [0.15, 0.2) is 0 Å². The van der Waals surface area contributed by atoms with E-state index in [0.717, 1.165) is 5.01 Å². The summed E-state index contributed by atoms with van der Waals surface area (Å²) < 4.78 is 0. The lowest BCUT2D eigenvalue weighted by atomic mass is 9.85. The van der Waals surface area contributed by atoms with Gasteiger partial charge in [0.1, 0.15) is 16.6 Å². The minimum Gasteiger partial charge on any atom is -0.340 e. The standard InChI is InChI=1S/C15H23N3O2S/c1-5-15(6-2)14(20)18(9-11-16-7-8-21-11)12(10(3)4)13(19)17-15/h7-8,10,12H,5-6,9H2,1-4H3,(H,17,19). The Morgan fingerprint density at radius 3 is 2.52 bits per heavy atom. The predicted octanol–water partition coefficient (Wildman–Crippen LogP) is 2.18. The Labute approximate surface area is 129 Å². The average molecular weight is 309 g/mol. The maximum absolute atomic E-state index is 13.0. The van der Waals surface area contributed by atoms with Crippen molar-refractivity contribution in [3.63, 3.8) is 0 Å². The Morgan fingerprint density at radius 2 is 2.05 bits per heavy atom. The predicted molar refractivity (Wildman–Crippen MR) is 82.7 cm³/mol. The largest absolute Gasteiger partial charge is 0.340 e. The number of aromatic nitrogens is 1. The van der Waals surface area contributed by atoms with Crippen LogP contribution in [0.4, 0.5) is 0 Å². The molecule has 21 heavy (non-hydrogen) atoms. The van der Waals surface area contributed by atoms with Crippen LogP contribution < -0.4 is 5.32 Å². The fourth-order valence-electron chi connectivity index (χ4n) is 2.94. The van der Waals surface area contributed by atoms with E-state index in [1.165, 1.54) is 11.3 Å². The summed E-state index contributed by atoms with van der Waals surface area (Å²) in [6, 6.07) is -0.423. The van der Waals surface area contributed by atoms with Crippen LogP contribution >= 0.6 is 11.3 Å². The highest BCUT2D eigenvalue weighted by molar-refractivity contribution is 7.09. The monoisotopic (exact) mass is 309 g/mol. The molecule has 6 heteroatoms. The quantitative estimate of drug-likeness (QED) is 0.907. The van der Waals surface area contributed by atoms with Gasteiger partial charge in [-0.25, -0.2) is 4.98 Å². The molecule has 1 atom stereocenters. The van der Waals surface area contributed by atoms with Crippen molar-refractivity contribution >= 4 is 23.2 Å². The molecule has 1 fully saturated rings. The summed E-state index contributed by atoms with van der Waals surface area (Å²) in [6.45, 7) is 8.24. The van der Waals surface area contributed by atoms with E-state index < -0.39 is 11.6 Å². The maximum atomic E-state index is 13.0. The first kappa shape index (κ1) is 15.9. The first-order chi connectivity index (χ1) is 9.95. The Kier molecular flexibility index (Phi) is 4.66. The van der Waals surface area contributed by atoms with Crippen molar-refractivity contribution < 1.29 is 9.59 Å². The molecular formula is C15H23N3O2S. The van der Waals surface area contributed by atoms with Gasteiger partial charge < -0.3 is 10.2 Å². The molecule has 2 heterocycles. The van der Waals surface area contributed by atoms with Crippen LogP contribution in [0.1, 0.15) is 45.5 Å². The normalized spacial score (nSPS) is 21.8. The molecule has 1 saturated heterocycles. The van der Waals surface area contributed by atoms with Crippen LogP contribution in [0, 0.1) is 5.92 Å². The number of rotatable bonds is 5. The SMILES string of the molecule is CCC1(CC)NC(=O)C(C(C)C)N(Cc2nccs2)C1=O. The third kappa shape index (κ3) is 2.81. The molecule has 0 spiro atoms. The van der Waals surface area contributed by atoms with Gasteiger partial charge in [0.05, 0.1) is 6.54 Å². The van der Waals surface area contributed by atoms with Crippen LogP contribution in [0.15, 0.2) is 11.6 Å². The van der Waals surface area contributed by atoms with E-state index in [-0.39, 0.29) is 17.7 Å². The van der Waals surface area contributed by atoms with E-state index in [0.29, 0.717) is 19.4 Å². The van der Waals surface area contributed by atoms with E-state index in [9.17, 15) is 9.59 Å². The molecule has 0 aliphatic carbocycles. The molecule has 0 saturated carbocycles. The summed E-state index contributed by atoms with van der Waals surface area (Å²) in [5, 5.41) is 5.73. The molecule has 1 unspecified atom stereocenters. The number of thiazole rings is 1. The second-order valence-electron chi connectivity index (χ2n) is 5.83. The molecular weight excluding hydrogens is 286 g/mol. The molecule has 0 aromatic carbocycles. The molecule has 1 N–H and O–H groups in total. The molecule has 2 rings (SSSR count). The summed E-state index contributed by atoms with van der Waals surface area (Å²) in [7, 11) is 0. The van der Waals surface area contributed by atoms with Gasteiger partial charge in [-0.15, -0.1) is 11.3 Å². The molecule has 2 amide bonds. The molecule has 116 valence electrons. The second kappa shape index (κ2) is 6.13. The number of amides is 2.